The Morgan fingerprint density at radius 3 is 2.38 bits per heavy atom. The first kappa shape index (κ1) is 19.0. The fraction of sp³-hybridized carbons (Fsp3) is 0.938. The van der Waals surface area contributed by atoms with Gasteiger partial charge in [0, 0.05) is 19.1 Å². The van der Waals surface area contributed by atoms with Crippen LogP contribution in [0.3, 0.4) is 0 Å². The third kappa shape index (κ3) is 7.17. The van der Waals surface area contributed by atoms with E-state index in [-0.39, 0.29) is 24.0 Å². The highest BCUT2D eigenvalue weighted by atomic mass is 127. The standard InChI is InChI=1S/C16H32N4.HI/c1-3-17-16(19-15-7-5-4-6-8-15)18-13-14-9-11-20(2)12-10-14;/h14-15H,3-13H2,1-2H3,(H2,17,18,19);1H. The molecule has 2 N–H and O–H groups in total. The van der Waals surface area contributed by atoms with Gasteiger partial charge >= 0.3 is 0 Å². The monoisotopic (exact) mass is 408 g/mol. The second kappa shape index (κ2) is 10.6. The molecular formula is C16H33IN4. The quantitative estimate of drug-likeness (QED) is 0.427. The lowest BCUT2D eigenvalue weighted by Gasteiger charge is -2.28. The lowest BCUT2D eigenvalue weighted by Crippen LogP contribution is -2.44. The number of hydrogen-bond acceptors (Lipinski definition) is 2. The van der Waals surface area contributed by atoms with Crippen molar-refractivity contribution in [2.45, 2.75) is 57.9 Å². The summed E-state index contributed by atoms with van der Waals surface area (Å²) in [5, 5.41) is 7.04. The Hall–Kier alpha value is -0.0400. The zero-order chi connectivity index (χ0) is 14.2. The maximum atomic E-state index is 4.83. The molecule has 21 heavy (non-hydrogen) atoms. The number of likely N-dealkylation sites (tertiary alicyclic amines) is 1. The molecular weight excluding hydrogens is 375 g/mol. The van der Waals surface area contributed by atoms with Gasteiger partial charge in [-0.1, -0.05) is 19.3 Å². The van der Waals surface area contributed by atoms with Gasteiger partial charge < -0.3 is 15.5 Å². The average molecular weight is 408 g/mol. The van der Waals surface area contributed by atoms with E-state index >= 15 is 0 Å². The smallest absolute Gasteiger partial charge is 0.191 e. The molecule has 0 radical (unpaired) electrons. The van der Waals surface area contributed by atoms with Crippen LogP contribution in [-0.4, -0.2) is 50.1 Å². The van der Waals surface area contributed by atoms with Crippen LogP contribution >= 0.6 is 24.0 Å². The van der Waals surface area contributed by atoms with E-state index < -0.39 is 0 Å². The van der Waals surface area contributed by atoms with E-state index in [4.69, 9.17) is 4.99 Å². The van der Waals surface area contributed by atoms with Crippen LogP contribution in [0.1, 0.15) is 51.9 Å². The Bertz CT molecular complexity index is 295. The van der Waals surface area contributed by atoms with E-state index in [1.165, 1.54) is 58.0 Å². The first-order chi connectivity index (χ1) is 9.78. The molecule has 0 bridgehead atoms. The van der Waals surface area contributed by atoms with Crippen LogP contribution < -0.4 is 10.6 Å². The molecule has 0 aromatic heterocycles. The number of halogens is 1. The Morgan fingerprint density at radius 1 is 1.10 bits per heavy atom. The predicted octanol–water partition coefficient (Wildman–Crippen LogP) is 2.83. The summed E-state index contributed by atoms with van der Waals surface area (Å²) in [4.78, 5) is 7.25. The van der Waals surface area contributed by atoms with E-state index in [9.17, 15) is 0 Å². The first-order valence-electron chi connectivity index (χ1n) is 8.51. The largest absolute Gasteiger partial charge is 0.357 e. The lowest BCUT2D eigenvalue weighted by atomic mass is 9.95. The summed E-state index contributed by atoms with van der Waals surface area (Å²) < 4.78 is 0. The molecule has 1 aliphatic heterocycles. The Kier molecular flexibility index (Phi) is 9.64. The number of aliphatic imine (C=N–C) groups is 1. The topological polar surface area (TPSA) is 39.7 Å². The van der Waals surface area contributed by atoms with E-state index in [0.29, 0.717) is 6.04 Å². The molecule has 2 fully saturated rings. The van der Waals surface area contributed by atoms with Crippen LogP contribution in [0.25, 0.3) is 0 Å². The van der Waals surface area contributed by atoms with E-state index in [0.717, 1.165) is 25.0 Å². The van der Waals surface area contributed by atoms with Crippen molar-refractivity contribution in [1.29, 1.82) is 0 Å². The van der Waals surface area contributed by atoms with Crippen molar-refractivity contribution >= 4 is 29.9 Å². The van der Waals surface area contributed by atoms with Gasteiger partial charge in [-0.05, 0) is 58.7 Å². The summed E-state index contributed by atoms with van der Waals surface area (Å²) in [5.41, 5.74) is 0. The minimum atomic E-state index is 0. The highest BCUT2D eigenvalue weighted by molar-refractivity contribution is 14.0. The van der Waals surface area contributed by atoms with Gasteiger partial charge in [-0.3, -0.25) is 4.99 Å². The highest BCUT2D eigenvalue weighted by Gasteiger charge is 2.17. The van der Waals surface area contributed by atoms with Crippen molar-refractivity contribution < 1.29 is 0 Å². The van der Waals surface area contributed by atoms with Gasteiger partial charge in [0.05, 0.1) is 0 Å². The van der Waals surface area contributed by atoms with Gasteiger partial charge in [-0.2, -0.15) is 0 Å². The van der Waals surface area contributed by atoms with E-state index in [2.05, 4.69) is 29.5 Å². The number of nitrogens with zero attached hydrogens (tertiary/aromatic N) is 2. The molecule has 1 saturated heterocycles. The van der Waals surface area contributed by atoms with Crippen LogP contribution in [0.2, 0.25) is 0 Å². The Labute approximate surface area is 147 Å². The van der Waals surface area contributed by atoms with Gasteiger partial charge in [-0.15, -0.1) is 24.0 Å². The maximum Gasteiger partial charge on any atom is 0.191 e. The van der Waals surface area contributed by atoms with Crippen molar-refractivity contribution in [3.8, 4) is 0 Å². The number of guanidine groups is 1. The SMILES string of the molecule is CCNC(=NCC1CCN(C)CC1)NC1CCCCC1.I. The van der Waals surface area contributed by atoms with Gasteiger partial charge in [0.1, 0.15) is 0 Å². The molecule has 0 unspecified atom stereocenters. The molecule has 1 saturated carbocycles. The second-order valence-corrected chi connectivity index (χ2v) is 6.45. The van der Waals surface area contributed by atoms with E-state index in [1.54, 1.807) is 0 Å². The lowest BCUT2D eigenvalue weighted by molar-refractivity contribution is 0.223. The molecule has 0 atom stereocenters. The van der Waals surface area contributed by atoms with Crippen LogP contribution in [0.4, 0.5) is 0 Å². The van der Waals surface area contributed by atoms with Crippen LogP contribution in [-0.2, 0) is 0 Å². The van der Waals surface area contributed by atoms with Crippen molar-refractivity contribution in [2.24, 2.45) is 10.9 Å². The second-order valence-electron chi connectivity index (χ2n) is 6.45. The van der Waals surface area contributed by atoms with Crippen LogP contribution in [0.15, 0.2) is 4.99 Å². The summed E-state index contributed by atoms with van der Waals surface area (Å²) in [5.74, 6) is 1.81. The normalized spacial score (nSPS) is 22.7. The van der Waals surface area contributed by atoms with Gasteiger partial charge in [-0.25, -0.2) is 0 Å². The van der Waals surface area contributed by atoms with Gasteiger partial charge in [0.2, 0.25) is 0 Å². The summed E-state index contributed by atoms with van der Waals surface area (Å²) >= 11 is 0. The number of hydrogen-bond donors (Lipinski definition) is 2. The third-order valence-corrected chi connectivity index (χ3v) is 4.64. The zero-order valence-electron chi connectivity index (χ0n) is 13.7. The van der Waals surface area contributed by atoms with E-state index in [1.807, 2.05) is 0 Å². The molecule has 4 nitrogen and oxygen atoms in total. The predicted molar refractivity (Wildman–Crippen MR) is 102 cm³/mol. The highest BCUT2D eigenvalue weighted by Crippen LogP contribution is 2.18. The maximum absolute atomic E-state index is 4.83. The van der Waals surface area contributed by atoms with Crippen LogP contribution in [0.5, 0.6) is 0 Å². The molecule has 2 aliphatic rings. The fourth-order valence-corrected chi connectivity index (χ4v) is 3.23. The molecule has 0 aromatic rings. The summed E-state index contributed by atoms with van der Waals surface area (Å²) in [6.07, 6.45) is 9.34. The minimum Gasteiger partial charge on any atom is -0.357 e. The average Bonchev–Trinajstić information content (AvgIpc) is 2.48. The van der Waals surface area contributed by atoms with Crippen LogP contribution in [0, 0.1) is 5.92 Å². The first-order valence-corrected chi connectivity index (χ1v) is 8.51. The third-order valence-electron chi connectivity index (χ3n) is 4.64. The number of piperidine rings is 1. The number of rotatable bonds is 4. The zero-order valence-corrected chi connectivity index (χ0v) is 16.1. The van der Waals surface area contributed by atoms with Crippen molar-refractivity contribution in [3.05, 3.63) is 0 Å². The molecule has 0 spiro atoms. The van der Waals surface area contributed by atoms with Gasteiger partial charge in [0.25, 0.3) is 0 Å². The Morgan fingerprint density at radius 2 is 1.76 bits per heavy atom. The molecule has 124 valence electrons. The van der Waals surface area contributed by atoms with Crippen molar-refractivity contribution in [2.75, 3.05) is 33.2 Å². The number of nitrogens with one attached hydrogen (secondary N) is 2. The molecule has 0 aromatic carbocycles. The summed E-state index contributed by atoms with van der Waals surface area (Å²) in [7, 11) is 2.22. The molecule has 1 heterocycles. The summed E-state index contributed by atoms with van der Waals surface area (Å²) in [6, 6.07) is 0.638. The van der Waals surface area contributed by atoms with Gasteiger partial charge in [0.15, 0.2) is 5.96 Å². The minimum absolute atomic E-state index is 0. The molecule has 2 rings (SSSR count). The molecule has 0 amide bonds. The molecule has 1 aliphatic carbocycles. The van der Waals surface area contributed by atoms with Crippen molar-refractivity contribution in [3.63, 3.8) is 0 Å². The van der Waals surface area contributed by atoms with Crippen molar-refractivity contribution in [1.82, 2.24) is 15.5 Å². The molecule has 5 heteroatoms. The Balaban J connectivity index is 0.00000220. The fourth-order valence-electron chi connectivity index (χ4n) is 3.23. The summed E-state index contributed by atoms with van der Waals surface area (Å²) in [6.45, 7) is 6.54.